The van der Waals surface area contributed by atoms with Gasteiger partial charge in [-0.05, 0) is 55.5 Å². The number of benzene rings is 2. The van der Waals surface area contributed by atoms with E-state index in [0.29, 0.717) is 18.4 Å². The first kappa shape index (κ1) is 40.7. The van der Waals surface area contributed by atoms with Crippen molar-refractivity contribution in [2.24, 2.45) is 22.7 Å². The van der Waals surface area contributed by atoms with Crippen LogP contribution in [-0.2, 0) is 38.1 Å². The summed E-state index contributed by atoms with van der Waals surface area (Å²) in [6.07, 6.45) is -8.02. The molecule has 2 bridgehead atoms. The van der Waals surface area contributed by atoms with Crippen LogP contribution < -0.4 is 5.32 Å². The van der Waals surface area contributed by atoms with Crippen molar-refractivity contribution in [2.75, 3.05) is 6.61 Å². The van der Waals surface area contributed by atoms with Gasteiger partial charge in [0.15, 0.2) is 17.5 Å². The Hall–Kier alpha value is -4.47. The van der Waals surface area contributed by atoms with Crippen LogP contribution >= 0.6 is 0 Å². The lowest BCUT2D eigenvalue weighted by atomic mass is 9.44. The highest BCUT2D eigenvalue weighted by molar-refractivity contribution is 5.94. The SMILES string of the molecule is CC(=O)O[C@@]12CO[C@@H]1C[C@H](O)[C@@]1(C)C(=O)[C@H](O)C3=C(C)[C@@H](OC(=O)[C@H](O)[C@@H](NC(=O)C4CCC4)c4ccccc4)C[C@@](O)([C@@H](OC(=O)c4ccccc4)[C@H]21)C3(C)C. The molecule has 1 heterocycles. The smallest absolute Gasteiger partial charge is 0.338 e. The van der Waals surface area contributed by atoms with Gasteiger partial charge in [0.25, 0.3) is 0 Å². The summed E-state index contributed by atoms with van der Waals surface area (Å²) in [7, 11) is 0. The number of aliphatic hydroxyl groups is 4. The van der Waals surface area contributed by atoms with Crippen LogP contribution in [0.5, 0.6) is 0 Å². The largest absolute Gasteiger partial charge is 0.456 e. The Kier molecular flexibility index (Phi) is 10.5. The van der Waals surface area contributed by atoms with Crippen molar-refractivity contribution >= 4 is 29.6 Å². The number of rotatable bonds is 9. The highest BCUT2D eigenvalue weighted by Crippen LogP contribution is 2.64. The summed E-state index contributed by atoms with van der Waals surface area (Å²) in [6.45, 7) is 6.95. The maximum Gasteiger partial charge on any atom is 0.338 e. The van der Waals surface area contributed by atoms with Gasteiger partial charge in [0, 0.05) is 31.1 Å². The highest BCUT2D eigenvalue weighted by atomic mass is 16.6. The van der Waals surface area contributed by atoms with E-state index in [0.717, 1.165) is 6.42 Å². The molecule has 4 aliphatic carbocycles. The number of amides is 1. The molecule has 5 N–H and O–H groups in total. The molecule has 57 heavy (non-hydrogen) atoms. The Morgan fingerprint density at radius 3 is 2.14 bits per heavy atom. The molecule has 1 saturated heterocycles. The average molecular weight is 790 g/mol. The quantitative estimate of drug-likeness (QED) is 0.141. The summed E-state index contributed by atoms with van der Waals surface area (Å²) < 4.78 is 24.2. The fourth-order valence-corrected chi connectivity index (χ4v) is 10.1. The number of esters is 3. The molecule has 1 aliphatic heterocycles. The van der Waals surface area contributed by atoms with E-state index in [4.69, 9.17) is 18.9 Å². The fraction of sp³-hybridized carbons (Fsp3) is 0.558. The molecule has 14 heteroatoms. The number of carbonyl (C=O) groups excluding carboxylic acids is 5. The number of ether oxygens (including phenoxy) is 4. The van der Waals surface area contributed by atoms with Gasteiger partial charge in [0.05, 0.1) is 35.6 Å². The molecule has 14 nitrogen and oxygen atoms in total. The molecule has 2 aromatic rings. The van der Waals surface area contributed by atoms with Crippen molar-refractivity contribution in [1.82, 2.24) is 5.32 Å². The zero-order valence-corrected chi connectivity index (χ0v) is 32.7. The van der Waals surface area contributed by atoms with Crippen LogP contribution in [0.1, 0.15) is 88.7 Å². The van der Waals surface area contributed by atoms with Gasteiger partial charge in [-0.25, -0.2) is 9.59 Å². The molecule has 1 amide bonds. The molecule has 11 atom stereocenters. The van der Waals surface area contributed by atoms with Gasteiger partial charge in [-0.3, -0.25) is 14.4 Å². The summed E-state index contributed by atoms with van der Waals surface area (Å²) in [4.78, 5) is 69.1. The van der Waals surface area contributed by atoms with Gasteiger partial charge in [-0.1, -0.05) is 68.8 Å². The molecule has 5 aliphatic rings. The summed E-state index contributed by atoms with van der Waals surface area (Å²) >= 11 is 0. The van der Waals surface area contributed by atoms with Crippen molar-refractivity contribution in [3.63, 3.8) is 0 Å². The molecular weight excluding hydrogens is 738 g/mol. The Balaban J connectivity index is 1.35. The van der Waals surface area contributed by atoms with Crippen LogP contribution in [-0.4, -0.2) is 104 Å². The molecule has 7 rings (SSSR count). The predicted molar refractivity (Wildman–Crippen MR) is 200 cm³/mol. The second-order valence-corrected chi connectivity index (χ2v) is 17.1. The van der Waals surface area contributed by atoms with E-state index in [2.05, 4.69) is 5.32 Å². The normalized spacial score (nSPS) is 35.4. The number of Topliss-reactive ketones (excluding diaryl/α,β-unsaturated/α-hetero) is 1. The number of fused-ring (bicyclic) bond motifs is 5. The third-order valence-corrected chi connectivity index (χ3v) is 13.7. The molecule has 0 spiro atoms. The summed E-state index contributed by atoms with van der Waals surface area (Å²) in [5, 5.41) is 51.9. The third-order valence-electron chi connectivity index (χ3n) is 13.7. The number of carbonyl (C=O) groups is 5. The van der Waals surface area contributed by atoms with Gasteiger partial charge in [-0.15, -0.1) is 0 Å². The maximum atomic E-state index is 14.9. The number of hydrogen-bond donors (Lipinski definition) is 5. The first-order valence-corrected chi connectivity index (χ1v) is 19.5. The highest BCUT2D eigenvalue weighted by Gasteiger charge is 2.78. The lowest BCUT2D eigenvalue weighted by Crippen LogP contribution is -2.81. The summed E-state index contributed by atoms with van der Waals surface area (Å²) in [6, 6.07) is 15.1. The van der Waals surface area contributed by atoms with Gasteiger partial charge in [0.2, 0.25) is 5.91 Å². The van der Waals surface area contributed by atoms with Gasteiger partial charge in [-0.2, -0.15) is 0 Å². The van der Waals surface area contributed by atoms with Crippen molar-refractivity contribution in [3.05, 3.63) is 82.9 Å². The second kappa shape index (κ2) is 14.7. The maximum absolute atomic E-state index is 14.9. The minimum atomic E-state index is -2.32. The molecule has 306 valence electrons. The van der Waals surface area contributed by atoms with Crippen molar-refractivity contribution in [1.29, 1.82) is 0 Å². The molecule has 0 radical (unpaired) electrons. The van der Waals surface area contributed by atoms with E-state index in [-0.39, 0.29) is 41.6 Å². The molecule has 4 fully saturated rings. The molecule has 2 aromatic carbocycles. The number of ketones is 1. The van der Waals surface area contributed by atoms with Gasteiger partial charge in [0.1, 0.15) is 30.0 Å². The predicted octanol–water partition coefficient (Wildman–Crippen LogP) is 2.65. The van der Waals surface area contributed by atoms with Crippen molar-refractivity contribution in [2.45, 2.75) is 121 Å². The monoisotopic (exact) mass is 789 g/mol. The topological polar surface area (TPSA) is 215 Å². The average Bonchev–Trinajstić information content (AvgIpc) is 3.14. The number of hydrogen-bond acceptors (Lipinski definition) is 13. The molecule has 0 unspecified atom stereocenters. The summed E-state index contributed by atoms with van der Waals surface area (Å²) in [5.41, 5.74) is -6.94. The molecule has 3 saturated carbocycles. The van der Waals surface area contributed by atoms with E-state index in [1.807, 2.05) is 0 Å². The molecule has 0 aromatic heterocycles. The van der Waals surface area contributed by atoms with Crippen LogP contribution in [0.15, 0.2) is 71.8 Å². The Morgan fingerprint density at radius 2 is 1.58 bits per heavy atom. The van der Waals surface area contributed by atoms with E-state index >= 15 is 0 Å². The third kappa shape index (κ3) is 6.40. The van der Waals surface area contributed by atoms with Gasteiger partial charge >= 0.3 is 17.9 Å². The summed E-state index contributed by atoms with van der Waals surface area (Å²) in [5.74, 6) is -5.80. The Morgan fingerprint density at radius 1 is 0.947 bits per heavy atom. The number of aliphatic hydroxyl groups excluding tert-OH is 3. The minimum Gasteiger partial charge on any atom is -0.456 e. The fourth-order valence-electron chi connectivity index (χ4n) is 10.1. The zero-order chi connectivity index (χ0) is 41.2. The first-order chi connectivity index (χ1) is 26.9. The van der Waals surface area contributed by atoms with E-state index < -0.39 is 101 Å². The van der Waals surface area contributed by atoms with E-state index in [1.54, 1.807) is 62.4 Å². The standard InChI is InChI=1S/C43H51NO13/c1-22-27(55-39(52)33(48)31(24-13-8-6-9-14-24)44-37(50)25-17-12-18-25)20-43(53)36(56-38(51)26-15-10-7-11-16-26)34-41(5,35(49)32(47)30(22)40(43,3)4)28(46)19-29-42(34,21-54-29)57-23(2)45/h6-11,13-16,25,27-29,31-34,36,46-48,53H,12,17-21H2,1-5H3,(H,44,50)/t27-,28-,29+,31-,32+,33+,34-,36-,41+,42-,43+/m0/s1. The van der Waals surface area contributed by atoms with Crippen LogP contribution in [0.4, 0.5) is 0 Å². The van der Waals surface area contributed by atoms with Crippen LogP contribution in [0.2, 0.25) is 0 Å². The lowest BCUT2D eigenvalue weighted by molar-refractivity contribution is -0.346. The van der Waals surface area contributed by atoms with Crippen LogP contribution in [0.3, 0.4) is 0 Å². The second-order valence-electron chi connectivity index (χ2n) is 17.1. The lowest BCUT2D eigenvalue weighted by Gasteiger charge is -2.67. The molecular formula is C43H51NO13. The van der Waals surface area contributed by atoms with E-state index in [1.165, 1.54) is 32.9 Å². The zero-order valence-electron chi connectivity index (χ0n) is 32.7. The van der Waals surface area contributed by atoms with Gasteiger partial charge < -0.3 is 44.7 Å². The van der Waals surface area contributed by atoms with Crippen LogP contribution in [0, 0.1) is 22.7 Å². The van der Waals surface area contributed by atoms with E-state index in [9.17, 15) is 44.4 Å². The van der Waals surface area contributed by atoms with Crippen molar-refractivity contribution < 1.29 is 63.3 Å². The minimum absolute atomic E-state index is 0.0346. The first-order valence-electron chi connectivity index (χ1n) is 19.5. The Bertz CT molecular complexity index is 1960. The van der Waals surface area contributed by atoms with Crippen LogP contribution in [0.25, 0.3) is 0 Å². The Labute approximate surface area is 330 Å². The van der Waals surface area contributed by atoms with Crippen molar-refractivity contribution in [3.8, 4) is 0 Å². The number of nitrogens with one attached hydrogen (secondary N) is 1.